The lowest BCUT2D eigenvalue weighted by molar-refractivity contribution is -0.137. The zero-order valence-corrected chi connectivity index (χ0v) is 21.9. The Labute approximate surface area is 218 Å². The zero-order chi connectivity index (χ0) is 27.7. The van der Waals surface area contributed by atoms with Crippen molar-refractivity contribution in [2.75, 3.05) is 24.2 Å². The molecule has 0 aromatic carbocycles. The summed E-state index contributed by atoms with van der Waals surface area (Å²) in [7, 11) is -3.26. The van der Waals surface area contributed by atoms with Crippen LogP contribution in [0.2, 0.25) is 0 Å². The van der Waals surface area contributed by atoms with E-state index in [2.05, 4.69) is 20.4 Å². The van der Waals surface area contributed by atoms with Gasteiger partial charge in [-0.15, -0.1) is 0 Å². The summed E-state index contributed by atoms with van der Waals surface area (Å²) in [5.41, 5.74) is 2.73. The van der Waals surface area contributed by atoms with Gasteiger partial charge in [-0.05, 0) is 56.0 Å². The number of nitrogens with zero attached hydrogens (tertiary/aromatic N) is 5. The summed E-state index contributed by atoms with van der Waals surface area (Å²) < 4.78 is 65.8. The summed E-state index contributed by atoms with van der Waals surface area (Å²) in [6.45, 7) is 6.01. The number of alkyl halides is 3. The number of sulfonamides is 1. The minimum Gasteiger partial charge on any atom is -0.320 e. The van der Waals surface area contributed by atoms with Crippen LogP contribution in [0, 0.1) is 13.8 Å². The van der Waals surface area contributed by atoms with Crippen molar-refractivity contribution >= 4 is 27.2 Å². The van der Waals surface area contributed by atoms with Crippen molar-refractivity contribution in [3.05, 3.63) is 70.9 Å². The largest absolute Gasteiger partial charge is 0.417 e. The zero-order valence-electron chi connectivity index (χ0n) is 21.1. The molecule has 0 fully saturated rings. The van der Waals surface area contributed by atoms with Crippen LogP contribution in [0.25, 0.3) is 11.4 Å². The molecule has 3 aromatic rings. The van der Waals surface area contributed by atoms with Crippen LogP contribution in [0.1, 0.15) is 52.6 Å². The van der Waals surface area contributed by atoms with E-state index in [9.17, 15) is 26.4 Å². The molecular formula is C25H27F3N6O3S. The van der Waals surface area contributed by atoms with Crippen LogP contribution in [0.15, 0.2) is 42.9 Å². The first-order chi connectivity index (χ1) is 17.9. The number of halogens is 3. The standard InChI is InChI=1S/C25H27F3N6O3S/c1-4-11-38(36,37)33-9-7-18(8-10-33)23-16(2)12-20(14-30-23)32-24(35)21-15-31-34(17(21)3)22-6-5-19(13-29-22)25(26,27)28/h5-7,12-15H,4,8-11H2,1-3H3,(H,32,35). The first-order valence-electron chi connectivity index (χ1n) is 11.9. The Morgan fingerprint density at radius 1 is 1.13 bits per heavy atom. The molecule has 9 nitrogen and oxygen atoms in total. The van der Waals surface area contributed by atoms with E-state index in [1.807, 2.05) is 19.9 Å². The fourth-order valence-corrected chi connectivity index (χ4v) is 5.67. The second-order valence-corrected chi connectivity index (χ2v) is 11.0. The highest BCUT2D eigenvalue weighted by Crippen LogP contribution is 2.29. The molecule has 0 radical (unpaired) electrons. The molecule has 0 bridgehead atoms. The minimum absolute atomic E-state index is 0.126. The minimum atomic E-state index is -4.50. The first-order valence-corrected chi connectivity index (χ1v) is 13.5. The van der Waals surface area contributed by atoms with Crippen LogP contribution in [0.5, 0.6) is 0 Å². The summed E-state index contributed by atoms with van der Waals surface area (Å²) >= 11 is 0. The van der Waals surface area contributed by atoms with Gasteiger partial charge in [0.25, 0.3) is 5.91 Å². The van der Waals surface area contributed by atoms with Crippen LogP contribution in [0.4, 0.5) is 18.9 Å². The Bertz CT molecular complexity index is 1480. The average Bonchev–Trinajstić information content (AvgIpc) is 3.25. The lowest BCUT2D eigenvalue weighted by atomic mass is 10.0. The number of hydrogen-bond acceptors (Lipinski definition) is 6. The summed E-state index contributed by atoms with van der Waals surface area (Å²) in [6.07, 6.45) is 2.05. The van der Waals surface area contributed by atoms with Gasteiger partial charge >= 0.3 is 6.18 Å². The highest BCUT2D eigenvalue weighted by atomic mass is 32.2. The monoisotopic (exact) mass is 548 g/mol. The van der Waals surface area contributed by atoms with Crippen LogP contribution in [-0.2, 0) is 16.2 Å². The lowest BCUT2D eigenvalue weighted by Gasteiger charge is -2.26. The van der Waals surface area contributed by atoms with Gasteiger partial charge in [-0.2, -0.15) is 22.6 Å². The van der Waals surface area contributed by atoms with Gasteiger partial charge in [0.2, 0.25) is 10.0 Å². The second kappa shape index (κ2) is 10.7. The number of aromatic nitrogens is 4. The van der Waals surface area contributed by atoms with Gasteiger partial charge in [0, 0.05) is 19.3 Å². The van der Waals surface area contributed by atoms with Crippen molar-refractivity contribution in [1.29, 1.82) is 0 Å². The number of nitrogens with one attached hydrogen (secondary N) is 1. The van der Waals surface area contributed by atoms with E-state index >= 15 is 0 Å². The van der Waals surface area contributed by atoms with E-state index in [1.165, 1.54) is 27.4 Å². The number of amides is 1. The number of rotatable bonds is 7. The molecule has 1 aliphatic rings. The highest BCUT2D eigenvalue weighted by Gasteiger charge is 2.31. The van der Waals surface area contributed by atoms with Crippen molar-refractivity contribution in [2.45, 2.75) is 39.8 Å². The molecule has 3 aromatic heterocycles. The van der Waals surface area contributed by atoms with E-state index in [0.717, 1.165) is 29.1 Å². The molecule has 0 spiro atoms. The maximum absolute atomic E-state index is 12.9. The number of carbonyl (C=O) groups excluding carboxylic acids is 1. The van der Waals surface area contributed by atoms with Crippen molar-refractivity contribution in [1.82, 2.24) is 24.1 Å². The maximum Gasteiger partial charge on any atom is 0.417 e. The third-order valence-electron chi connectivity index (χ3n) is 6.21. The average molecular weight is 549 g/mol. The molecule has 4 rings (SSSR count). The van der Waals surface area contributed by atoms with Crippen molar-refractivity contribution in [2.24, 2.45) is 0 Å². The Morgan fingerprint density at radius 3 is 2.47 bits per heavy atom. The van der Waals surface area contributed by atoms with Gasteiger partial charge in [0.15, 0.2) is 5.82 Å². The van der Waals surface area contributed by atoms with E-state index in [0.29, 0.717) is 37.3 Å². The number of pyridine rings is 2. The predicted molar refractivity (Wildman–Crippen MR) is 136 cm³/mol. The molecule has 0 saturated heterocycles. The fourth-order valence-electron chi connectivity index (χ4n) is 4.23. The molecule has 0 saturated carbocycles. The van der Waals surface area contributed by atoms with Gasteiger partial charge < -0.3 is 5.32 Å². The lowest BCUT2D eigenvalue weighted by Crippen LogP contribution is -2.36. The van der Waals surface area contributed by atoms with Crippen molar-refractivity contribution in [3.8, 4) is 5.82 Å². The molecule has 13 heteroatoms. The second-order valence-electron chi connectivity index (χ2n) is 8.96. The summed E-state index contributed by atoms with van der Waals surface area (Å²) in [5.74, 6) is -0.178. The molecule has 1 N–H and O–H groups in total. The molecule has 202 valence electrons. The maximum atomic E-state index is 12.9. The molecule has 0 atom stereocenters. The summed E-state index contributed by atoms with van der Waals surface area (Å²) in [4.78, 5) is 21.2. The molecule has 4 heterocycles. The van der Waals surface area contributed by atoms with E-state index in [1.54, 1.807) is 13.0 Å². The number of hydrogen-bond donors (Lipinski definition) is 1. The molecule has 0 unspecified atom stereocenters. The third-order valence-corrected chi connectivity index (χ3v) is 8.26. The molecule has 1 aliphatic heterocycles. The molecular weight excluding hydrogens is 521 g/mol. The third kappa shape index (κ3) is 5.78. The first kappa shape index (κ1) is 27.5. The Kier molecular flexibility index (Phi) is 7.70. The molecule has 38 heavy (non-hydrogen) atoms. The van der Waals surface area contributed by atoms with Gasteiger partial charge in [-0.1, -0.05) is 13.0 Å². The SMILES string of the molecule is CCCS(=O)(=O)N1CC=C(c2ncc(NC(=O)c3cnn(-c4ccc(C(F)(F)F)cn4)c3C)cc2C)CC1. The van der Waals surface area contributed by atoms with Crippen LogP contribution < -0.4 is 5.32 Å². The smallest absolute Gasteiger partial charge is 0.320 e. The van der Waals surface area contributed by atoms with Crippen molar-refractivity contribution in [3.63, 3.8) is 0 Å². The van der Waals surface area contributed by atoms with E-state index in [4.69, 9.17) is 0 Å². The number of carbonyl (C=O) groups is 1. The predicted octanol–water partition coefficient (Wildman–Crippen LogP) is 4.38. The number of aryl methyl sites for hydroxylation is 1. The summed E-state index contributed by atoms with van der Waals surface area (Å²) in [6, 6.07) is 3.87. The summed E-state index contributed by atoms with van der Waals surface area (Å²) in [5, 5.41) is 6.88. The van der Waals surface area contributed by atoms with Gasteiger partial charge in [-0.3, -0.25) is 9.78 Å². The van der Waals surface area contributed by atoms with Crippen LogP contribution >= 0.6 is 0 Å². The van der Waals surface area contributed by atoms with Crippen LogP contribution in [-0.4, -0.2) is 57.2 Å². The Hall–Kier alpha value is -3.58. The van der Waals surface area contributed by atoms with Gasteiger partial charge in [-0.25, -0.2) is 18.1 Å². The van der Waals surface area contributed by atoms with Gasteiger partial charge in [0.1, 0.15) is 0 Å². The highest BCUT2D eigenvalue weighted by molar-refractivity contribution is 7.89. The van der Waals surface area contributed by atoms with E-state index in [-0.39, 0.29) is 17.1 Å². The Balaban J connectivity index is 1.46. The Morgan fingerprint density at radius 2 is 1.89 bits per heavy atom. The molecule has 1 amide bonds. The molecule has 0 aliphatic carbocycles. The number of anilines is 1. The quantitative estimate of drug-likeness (QED) is 0.469. The fraction of sp³-hybridized carbons (Fsp3) is 0.360. The van der Waals surface area contributed by atoms with Crippen molar-refractivity contribution < 1.29 is 26.4 Å². The van der Waals surface area contributed by atoms with Gasteiger partial charge in [0.05, 0.1) is 46.3 Å². The van der Waals surface area contributed by atoms with E-state index < -0.39 is 27.7 Å². The topological polar surface area (TPSA) is 110 Å². The normalized spacial score (nSPS) is 14.8. The van der Waals surface area contributed by atoms with Crippen LogP contribution in [0.3, 0.4) is 0 Å².